The minimum Gasteiger partial charge on any atom is -0.323 e. The van der Waals surface area contributed by atoms with Crippen molar-refractivity contribution in [2.24, 2.45) is 0 Å². The van der Waals surface area contributed by atoms with Gasteiger partial charge in [0.1, 0.15) is 0 Å². The number of amides is 1. The first-order chi connectivity index (χ1) is 15.4. The average Bonchev–Trinajstić information content (AvgIpc) is 3.23. The van der Waals surface area contributed by atoms with Crippen molar-refractivity contribution in [1.82, 2.24) is 19.7 Å². The van der Waals surface area contributed by atoms with E-state index < -0.39 is 29.0 Å². The molecule has 4 rings (SSSR count). The van der Waals surface area contributed by atoms with E-state index in [4.69, 9.17) is 11.6 Å². The Morgan fingerprint density at radius 1 is 0.969 bits per heavy atom. The molecule has 0 saturated carbocycles. The molecule has 0 aliphatic rings. The fourth-order valence-corrected chi connectivity index (χ4v) is 3.69. The lowest BCUT2D eigenvalue weighted by Gasteiger charge is -2.11. The number of rotatable bonds is 6. The maximum absolute atomic E-state index is 13.8. The first kappa shape index (κ1) is 21.8. The smallest absolute Gasteiger partial charge is 0.234 e. The number of benzene rings is 2. The van der Waals surface area contributed by atoms with Gasteiger partial charge in [0.2, 0.25) is 5.91 Å². The molecule has 11 heteroatoms. The van der Waals surface area contributed by atoms with Gasteiger partial charge in [-0.05, 0) is 48.5 Å². The monoisotopic (exact) mass is 475 g/mol. The van der Waals surface area contributed by atoms with Crippen molar-refractivity contribution >= 4 is 35.0 Å². The van der Waals surface area contributed by atoms with Gasteiger partial charge in [-0.2, -0.15) is 0 Å². The minimum absolute atomic E-state index is 0.180. The fraction of sp³-hybridized carbons (Fsp3) is 0.0476. The number of hydrogen-bond donors (Lipinski definition) is 1. The summed E-state index contributed by atoms with van der Waals surface area (Å²) in [5.41, 5.74) is 1.01. The van der Waals surface area contributed by atoms with Crippen molar-refractivity contribution in [2.75, 3.05) is 11.1 Å². The van der Waals surface area contributed by atoms with Crippen LogP contribution in [0.25, 0.3) is 17.1 Å². The molecule has 0 fully saturated rings. The van der Waals surface area contributed by atoms with Gasteiger partial charge in [0.15, 0.2) is 28.4 Å². The SMILES string of the molecule is O=C(CSc1nnc(-c2ccncc2)n1-c1ccc(Cl)cc1)Nc1ccc(F)c(F)c1F. The van der Waals surface area contributed by atoms with Gasteiger partial charge in [-0.3, -0.25) is 14.3 Å². The molecule has 162 valence electrons. The van der Waals surface area contributed by atoms with Crippen molar-refractivity contribution in [1.29, 1.82) is 0 Å². The van der Waals surface area contributed by atoms with E-state index in [9.17, 15) is 18.0 Å². The maximum atomic E-state index is 13.8. The minimum atomic E-state index is -1.65. The van der Waals surface area contributed by atoms with Crippen molar-refractivity contribution < 1.29 is 18.0 Å². The molecule has 0 radical (unpaired) electrons. The van der Waals surface area contributed by atoms with Gasteiger partial charge in [-0.25, -0.2) is 13.2 Å². The lowest BCUT2D eigenvalue weighted by Crippen LogP contribution is -2.16. The second-order valence-electron chi connectivity index (χ2n) is 6.41. The third-order valence-corrected chi connectivity index (χ3v) is 5.48. The number of carbonyl (C=O) groups excluding carboxylic acids is 1. The third-order valence-electron chi connectivity index (χ3n) is 4.30. The molecule has 2 aromatic carbocycles. The number of nitrogens with one attached hydrogen (secondary N) is 1. The molecule has 0 saturated heterocycles. The fourth-order valence-electron chi connectivity index (χ4n) is 2.81. The van der Waals surface area contributed by atoms with Gasteiger partial charge >= 0.3 is 0 Å². The Kier molecular flexibility index (Phi) is 6.42. The summed E-state index contributed by atoms with van der Waals surface area (Å²) in [4.78, 5) is 16.3. The number of hydrogen-bond acceptors (Lipinski definition) is 5. The molecule has 2 aromatic heterocycles. The van der Waals surface area contributed by atoms with Crippen molar-refractivity contribution in [3.05, 3.63) is 83.4 Å². The zero-order valence-corrected chi connectivity index (χ0v) is 17.7. The topological polar surface area (TPSA) is 72.7 Å². The van der Waals surface area contributed by atoms with Crippen molar-refractivity contribution in [3.63, 3.8) is 0 Å². The highest BCUT2D eigenvalue weighted by Gasteiger charge is 2.19. The van der Waals surface area contributed by atoms with Gasteiger partial charge < -0.3 is 5.32 Å². The van der Waals surface area contributed by atoms with Crippen LogP contribution in [0.2, 0.25) is 5.02 Å². The number of thioether (sulfide) groups is 1. The first-order valence-corrected chi connectivity index (χ1v) is 10.5. The van der Waals surface area contributed by atoms with Crippen LogP contribution in [0, 0.1) is 17.5 Å². The predicted octanol–water partition coefficient (Wildman–Crippen LogP) is 5.13. The van der Waals surface area contributed by atoms with E-state index >= 15 is 0 Å². The molecule has 1 amide bonds. The molecule has 1 N–H and O–H groups in total. The molecule has 32 heavy (non-hydrogen) atoms. The highest BCUT2D eigenvalue weighted by molar-refractivity contribution is 7.99. The van der Waals surface area contributed by atoms with E-state index in [0.717, 1.165) is 29.5 Å². The Morgan fingerprint density at radius 2 is 1.69 bits per heavy atom. The van der Waals surface area contributed by atoms with Crippen LogP contribution in [-0.2, 0) is 4.79 Å². The van der Waals surface area contributed by atoms with Gasteiger partial charge in [0.05, 0.1) is 11.4 Å². The Bertz CT molecular complexity index is 1270. The third kappa shape index (κ3) is 4.61. The molecular weight excluding hydrogens is 463 g/mol. The van der Waals surface area contributed by atoms with Crippen molar-refractivity contribution in [3.8, 4) is 17.1 Å². The summed E-state index contributed by atoms with van der Waals surface area (Å²) < 4.78 is 42.0. The zero-order valence-electron chi connectivity index (χ0n) is 16.1. The molecule has 4 aromatic rings. The highest BCUT2D eigenvalue weighted by Crippen LogP contribution is 2.28. The number of pyridine rings is 1. The summed E-state index contributed by atoms with van der Waals surface area (Å²) in [6, 6.07) is 12.2. The van der Waals surface area contributed by atoms with E-state index in [1.54, 1.807) is 53.4 Å². The lowest BCUT2D eigenvalue weighted by atomic mass is 10.2. The average molecular weight is 476 g/mol. The zero-order chi connectivity index (χ0) is 22.7. The second kappa shape index (κ2) is 9.41. The van der Waals surface area contributed by atoms with Gasteiger partial charge in [-0.1, -0.05) is 23.4 Å². The van der Waals surface area contributed by atoms with Crippen LogP contribution in [0.4, 0.5) is 18.9 Å². The van der Waals surface area contributed by atoms with Gasteiger partial charge in [0.25, 0.3) is 0 Å². The van der Waals surface area contributed by atoms with Crippen LogP contribution >= 0.6 is 23.4 Å². The quantitative estimate of drug-likeness (QED) is 0.309. The molecule has 0 aliphatic heterocycles. The van der Waals surface area contributed by atoms with Crippen LogP contribution in [-0.4, -0.2) is 31.4 Å². The summed E-state index contributed by atoms with van der Waals surface area (Å²) in [6.07, 6.45) is 3.24. The van der Waals surface area contributed by atoms with Crippen molar-refractivity contribution in [2.45, 2.75) is 5.16 Å². The molecule has 0 bridgehead atoms. The number of carbonyl (C=O) groups is 1. The number of aromatic nitrogens is 4. The van der Waals surface area contributed by atoms with E-state index in [1.807, 2.05) is 0 Å². The normalized spacial score (nSPS) is 10.9. The number of nitrogens with zero attached hydrogens (tertiary/aromatic N) is 4. The van der Waals surface area contributed by atoms with E-state index in [2.05, 4.69) is 20.5 Å². The lowest BCUT2D eigenvalue weighted by molar-refractivity contribution is -0.113. The number of halogens is 4. The maximum Gasteiger partial charge on any atom is 0.234 e. The molecule has 0 aliphatic carbocycles. The van der Waals surface area contributed by atoms with Crippen LogP contribution < -0.4 is 5.32 Å². The van der Waals surface area contributed by atoms with E-state index in [-0.39, 0.29) is 5.75 Å². The summed E-state index contributed by atoms with van der Waals surface area (Å²) in [5, 5.41) is 11.6. The van der Waals surface area contributed by atoms with E-state index in [0.29, 0.717) is 21.7 Å². The van der Waals surface area contributed by atoms with E-state index in [1.165, 1.54) is 0 Å². The molecule has 0 unspecified atom stereocenters. The van der Waals surface area contributed by atoms with Crippen LogP contribution in [0.3, 0.4) is 0 Å². The molecular formula is C21H13ClF3N5OS. The first-order valence-electron chi connectivity index (χ1n) is 9.12. The van der Waals surface area contributed by atoms with Crippen LogP contribution in [0.15, 0.2) is 66.1 Å². The summed E-state index contributed by atoms with van der Waals surface area (Å²) in [5.74, 6) is -4.75. The molecule has 2 heterocycles. The predicted molar refractivity (Wildman–Crippen MR) is 115 cm³/mol. The molecule has 0 spiro atoms. The molecule has 6 nitrogen and oxygen atoms in total. The Balaban J connectivity index is 1.59. The Hall–Kier alpha value is -3.37. The highest BCUT2D eigenvalue weighted by atomic mass is 35.5. The molecule has 0 atom stereocenters. The standard InChI is InChI=1S/C21H13ClF3N5OS/c22-13-1-3-14(4-2-13)30-20(12-7-9-26-10-8-12)28-29-21(30)32-11-17(31)27-16-6-5-15(23)18(24)19(16)25/h1-10H,11H2,(H,27,31). The summed E-state index contributed by atoms with van der Waals surface area (Å²) in [6.45, 7) is 0. The van der Waals surface area contributed by atoms with Crippen LogP contribution in [0.5, 0.6) is 0 Å². The number of anilines is 1. The second-order valence-corrected chi connectivity index (χ2v) is 7.79. The van der Waals surface area contributed by atoms with Gasteiger partial charge in [-0.15, -0.1) is 10.2 Å². The van der Waals surface area contributed by atoms with Gasteiger partial charge in [0, 0.05) is 28.7 Å². The summed E-state index contributed by atoms with van der Waals surface area (Å²) >= 11 is 7.04. The Labute approximate surface area is 189 Å². The summed E-state index contributed by atoms with van der Waals surface area (Å²) in [7, 11) is 0. The largest absolute Gasteiger partial charge is 0.323 e. The van der Waals surface area contributed by atoms with Crippen LogP contribution in [0.1, 0.15) is 0 Å². The Morgan fingerprint density at radius 3 is 2.41 bits per heavy atom.